The van der Waals surface area contributed by atoms with E-state index in [9.17, 15) is 8.42 Å². The second-order valence-corrected chi connectivity index (χ2v) is 6.88. The second-order valence-electron chi connectivity index (χ2n) is 4.86. The van der Waals surface area contributed by atoms with E-state index in [0.29, 0.717) is 4.90 Å². The average Bonchev–Trinajstić information content (AvgIpc) is 2.29. The van der Waals surface area contributed by atoms with Gasteiger partial charge in [-0.05, 0) is 43.4 Å². The van der Waals surface area contributed by atoms with Crippen molar-refractivity contribution in [3.05, 3.63) is 29.8 Å². The summed E-state index contributed by atoms with van der Waals surface area (Å²) in [6.45, 7) is 2.13. The first-order valence-corrected chi connectivity index (χ1v) is 8.37. The Kier molecular flexibility index (Phi) is 5.82. The van der Waals surface area contributed by atoms with Gasteiger partial charge < -0.3 is 5.73 Å². The van der Waals surface area contributed by atoms with Gasteiger partial charge in [0.2, 0.25) is 0 Å². The molecule has 0 fully saturated rings. The van der Waals surface area contributed by atoms with E-state index in [4.69, 9.17) is 5.73 Å². The maximum absolute atomic E-state index is 11.4. The van der Waals surface area contributed by atoms with Gasteiger partial charge in [0.25, 0.3) is 0 Å². The van der Waals surface area contributed by atoms with Crippen molar-refractivity contribution in [3.63, 3.8) is 0 Å². The lowest BCUT2D eigenvalue weighted by atomic mass is 10.0. The molecule has 0 aliphatic carbocycles. The van der Waals surface area contributed by atoms with Gasteiger partial charge in [0.05, 0.1) is 4.90 Å². The molecule has 1 aromatic rings. The molecule has 0 saturated carbocycles. The van der Waals surface area contributed by atoms with Crippen molar-refractivity contribution in [2.75, 3.05) is 6.26 Å². The van der Waals surface area contributed by atoms with Crippen LogP contribution in [0.4, 0.5) is 0 Å². The maximum atomic E-state index is 11.4. The molecule has 1 rings (SSSR count). The topological polar surface area (TPSA) is 60.2 Å². The van der Waals surface area contributed by atoms with E-state index < -0.39 is 9.84 Å². The van der Waals surface area contributed by atoms with E-state index in [1.165, 1.54) is 6.26 Å². The van der Waals surface area contributed by atoms with Crippen molar-refractivity contribution in [1.82, 2.24) is 0 Å². The van der Waals surface area contributed by atoms with Crippen molar-refractivity contribution < 1.29 is 8.42 Å². The summed E-state index contributed by atoms with van der Waals surface area (Å²) in [6.07, 6.45) is 6.31. The van der Waals surface area contributed by atoms with Gasteiger partial charge in [0.15, 0.2) is 9.84 Å². The first kappa shape index (κ1) is 15.2. The largest absolute Gasteiger partial charge is 0.328 e. The van der Waals surface area contributed by atoms with Gasteiger partial charge in [-0.15, -0.1) is 0 Å². The van der Waals surface area contributed by atoms with Gasteiger partial charge in [-0.2, -0.15) is 0 Å². The summed E-state index contributed by atoms with van der Waals surface area (Å²) in [4.78, 5) is 0.401. The van der Waals surface area contributed by atoms with Crippen LogP contribution in [0.5, 0.6) is 0 Å². The van der Waals surface area contributed by atoms with Gasteiger partial charge in [-0.3, -0.25) is 0 Å². The Labute approximate surface area is 110 Å². The fourth-order valence-electron chi connectivity index (χ4n) is 2.02. The molecule has 1 atom stereocenters. The van der Waals surface area contributed by atoms with Crippen LogP contribution in [0, 0.1) is 0 Å². The minimum Gasteiger partial charge on any atom is -0.328 e. The summed E-state index contributed by atoms with van der Waals surface area (Å²) in [7, 11) is -3.10. The van der Waals surface area contributed by atoms with Gasteiger partial charge in [0, 0.05) is 12.3 Å². The molecule has 1 unspecified atom stereocenters. The van der Waals surface area contributed by atoms with E-state index in [2.05, 4.69) is 6.92 Å². The van der Waals surface area contributed by atoms with Crippen LogP contribution in [-0.4, -0.2) is 20.7 Å². The van der Waals surface area contributed by atoms with Gasteiger partial charge in [-0.25, -0.2) is 8.42 Å². The molecular weight excluding hydrogens is 246 g/mol. The van der Waals surface area contributed by atoms with Crippen LogP contribution in [-0.2, 0) is 16.3 Å². The molecule has 0 aliphatic heterocycles. The van der Waals surface area contributed by atoms with Crippen LogP contribution in [0.3, 0.4) is 0 Å². The van der Waals surface area contributed by atoms with E-state index in [-0.39, 0.29) is 6.04 Å². The number of nitrogens with two attached hydrogens (primary N) is 1. The van der Waals surface area contributed by atoms with Crippen LogP contribution >= 0.6 is 0 Å². The minimum absolute atomic E-state index is 0.271. The Morgan fingerprint density at radius 3 is 2.61 bits per heavy atom. The SMILES string of the molecule is CCCC(N)CCCc1cccc(S(C)(=O)=O)c1. The second kappa shape index (κ2) is 6.90. The Hall–Kier alpha value is -0.870. The lowest BCUT2D eigenvalue weighted by Gasteiger charge is -2.10. The highest BCUT2D eigenvalue weighted by Crippen LogP contribution is 2.14. The highest BCUT2D eigenvalue weighted by atomic mass is 32.2. The molecule has 0 bridgehead atoms. The van der Waals surface area contributed by atoms with Crippen molar-refractivity contribution in [1.29, 1.82) is 0 Å². The highest BCUT2D eigenvalue weighted by Gasteiger charge is 2.07. The van der Waals surface area contributed by atoms with E-state index in [0.717, 1.165) is 37.7 Å². The molecule has 4 heteroatoms. The van der Waals surface area contributed by atoms with Gasteiger partial charge in [-0.1, -0.05) is 25.5 Å². The quantitative estimate of drug-likeness (QED) is 0.827. The van der Waals surface area contributed by atoms with E-state index in [1.807, 2.05) is 6.07 Å². The standard InChI is InChI=1S/C14H23NO2S/c1-3-6-13(15)9-4-7-12-8-5-10-14(11-12)18(2,16)17/h5,8,10-11,13H,3-4,6-7,9,15H2,1-2H3. The predicted molar refractivity (Wildman–Crippen MR) is 75.4 cm³/mol. The molecule has 1 aromatic carbocycles. The lowest BCUT2D eigenvalue weighted by molar-refractivity contribution is 0.539. The van der Waals surface area contributed by atoms with Crippen LogP contribution in [0.15, 0.2) is 29.2 Å². The third-order valence-corrected chi connectivity index (χ3v) is 4.14. The Bertz CT molecular complexity index is 468. The Balaban J connectivity index is 2.53. The van der Waals surface area contributed by atoms with Crippen molar-refractivity contribution in [3.8, 4) is 0 Å². The third-order valence-electron chi connectivity index (χ3n) is 3.03. The molecule has 0 amide bonds. The number of rotatable bonds is 7. The van der Waals surface area contributed by atoms with Crippen molar-refractivity contribution in [2.45, 2.75) is 50.0 Å². The summed E-state index contributed by atoms with van der Waals surface area (Å²) in [5.41, 5.74) is 7.02. The first-order chi connectivity index (χ1) is 8.43. The Morgan fingerprint density at radius 2 is 2.00 bits per heavy atom. The molecule has 102 valence electrons. The molecule has 0 aliphatic rings. The number of sulfone groups is 1. The lowest BCUT2D eigenvalue weighted by Crippen LogP contribution is -2.19. The monoisotopic (exact) mass is 269 g/mol. The number of hydrogen-bond acceptors (Lipinski definition) is 3. The molecule has 0 saturated heterocycles. The zero-order valence-electron chi connectivity index (χ0n) is 11.2. The molecule has 0 spiro atoms. The van der Waals surface area contributed by atoms with Gasteiger partial charge in [0.1, 0.15) is 0 Å². The molecule has 18 heavy (non-hydrogen) atoms. The van der Waals surface area contributed by atoms with E-state index in [1.54, 1.807) is 18.2 Å². The summed E-state index contributed by atoms with van der Waals surface area (Å²) in [6, 6.07) is 7.45. The molecular formula is C14H23NO2S. The Morgan fingerprint density at radius 1 is 1.28 bits per heavy atom. The zero-order chi connectivity index (χ0) is 13.6. The summed E-state index contributed by atoms with van der Waals surface area (Å²) in [5, 5.41) is 0. The summed E-state index contributed by atoms with van der Waals surface area (Å²) < 4.78 is 22.9. The zero-order valence-corrected chi connectivity index (χ0v) is 12.0. The number of aryl methyl sites for hydroxylation is 1. The highest BCUT2D eigenvalue weighted by molar-refractivity contribution is 7.90. The molecule has 0 heterocycles. The fourth-order valence-corrected chi connectivity index (χ4v) is 2.71. The third kappa shape index (κ3) is 5.19. The summed E-state index contributed by atoms with van der Waals surface area (Å²) in [5.74, 6) is 0. The minimum atomic E-state index is -3.10. The van der Waals surface area contributed by atoms with Crippen molar-refractivity contribution in [2.24, 2.45) is 5.73 Å². The number of hydrogen-bond donors (Lipinski definition) is 1. The number of benzene rings is 1. The van der Waals surface area contributed by atoms with E-state index >= 15 is 0 Å². The first-order valence-electron chi connectivity index (χ1n) is 6.48. The fraction of sp³-hybridized carbons (Fsp3) is 0.571. The maximum Gasteiger partial charge on any atom is 0.175 e. The molecule has 0 aromatic heterocycles. The van der Waals surface area contributed by atoms with Gasteiger partial charge >= 0.3 is 0 Å². The van der Waals surface area contributed by atoms with Crippen LogP contribution in [0.25, 0.3) is 0 Å². The van der Waals surface area contributed by atoms with Crippen LogP contribution in [0.1, 0.15) is 38.2 Å². The summed E-state index contributed by atoms with van der Waals surface area (Å²) >= 11 is 0. The van der Waals surface area contributed by atoms with Crippen molar-refractivity contribution >= 4 is 9.84 Å². The smallest absolute Gasteiger partial charge is 0.175 e. The normalized spacial score (nSPS) is 13.5. The molecule has 0 radical (unpaired) electrons. The van der Waals surface area contributed by atoms with Crippen LogP contribution < -0.4 is 5.73 Å². The molecule has 2 N–H and O–H groups in total. The average molecular weight is 269 g/mol. The van der Waals surface area contributed by atoms with Crippen LogP contribution in [0.2, 0.25) is 0 Å². The molecule has 3 nitrogen and oxygen atoms in total. The predicted octanol–water partition coefficient (Wildman–Crippen LogP) is 2.54.